The fraction of sp³-hybridized carbons (Fsp3) is 0.727. The van der Waals surface area contributed by atoms with Crippen LogP contribution in [0.3, 0.4) is 0 Å². The van der Waals surface area contributed by atoms with Gasteiger partial charge < -0.3 is 0 Å². The minimum atomic E-state index is -0.450. The highest BCUT2D eigenvalue weighted by Gasteiger charge is 2.38. The van der Waals surface area contributed by atoms with E-state index in [0.29, 0.717) is 0 Å². The predicted octanol–water partition coefficient (Wildman–Crippen LogP) is 3.12. The van der Waals surface area contributed by atoms with E-state index in [1.54, 1.807) is 6.92 Å². The average Bonchev–Trinajstić information content (AvgIpc) is 2.23. The first-order chi connectivity index (χ1) is 6.16. The van der Waals surface area contributed by atoms with Crippen LogP contribution < -0.4 is 0 Å². The molecule has 3 heteroatoms. The molecule has 0 spiro atoms. The van der Waals surface area contributed by atoms with Crippen molar-refractivity contribution in [1.29, 1.82) is 0 Å². The Morgan fingerprint density at radius 1 is 1.29 bits per heavy atom. The molecule has 0 radical (unpaired) electrons. The topological polar surface area (TPSA) is 41.8 Å². The molecule has 0 amide bonds. The number of hydrogen-bond acceptors (Lipinski definition) is 3. The second kappa shape index (κ2) is 3.01. The van der Waals surface area contributed by atoms with E-state index in [4.69, 9.17) is 0 Å². The number of rotatable bonds is 1. The van der Waals surface area contributed by atoms with Gasteiger partial charge in [0.1, 0.15) is 5.54 Å². The lowest BCUT2D eigenvalue weighted by Crippen LogP contribution is -2.24. The van der Waals surface area contributed by atoms with Gasteiger partial charge in [0.15, 0.2) is 5.78 Å². The van der Waals surface area contributed by atoms with Gasteiger partial charge in [-0.1, -0.05) is 20.8 Å². The summed E-state index contributed by atoms with van der Waals surface area (Å²) in [5.41, 5.74) is 1.02. The van der Waals surface area contributed by atoms with Crippen LogP contribution in [-0.2, 0) is 4.79 Å². The van der Waals surface area contributed by atoms with Crippen LogP contribution in [0, 0.1) is 5.41 Å². The van der Waals surface area contributed by atoms with Gasteiger partial charge in [0, 0.05) is 11.0 Å². The SMILES string of the molecule is CC(=O)C1=C(C(C)(C)C)N=NC1(C)C. The van der Waals surface area contributed by atoms with Gasteiger partial charge in [0.2, 0.25) is 0 Å². The Balaban J connectivity index is 3.32. The van der Waals surface area contributed by atoms with Crippen LogP contribution in [0.15, 0.2) is 21.5 Å². The zero-order valence-electron chi connectivity index (χ0n) is 9.80. The number of carbonyl (C=O) groups excluding carboxylic acids is 1. The van der Waals surface area contributed by atoms with Gasteiger partial charge in [0.05, 0.1) is 5.70 Å². The van der Waals surface area contributed by atoms with Gasteiger partial charge in [0.25, 0.3) is 0 Å². The molecular formula is C11H18N2O. The lowest BCUT2D eigenvalue weighted by atomic mass is 9.82. The lowest BCUT2D eigenvalue weighted by Gasteiger charge is -2.21. The van der Waals surface area contributed by atoms with Crippen molar-refractivity contribution in [2.24, 2.45) is 15.6 Å². The molecule has 0 aromatic carbocycles. The maximum atomic E-state index is 11.5. The maximum Gasteiger partial charge on any atom is 0.160 e. The number of allylic oxidation sites excluding steroid dienone is 1. The van der Waals surface area contributed by atoms with Gasteiger partial charge in [-0.05, 0) is 20.8 Å². The van der Waals surface area contributed by atoms with E-state index in [0.717, 1.165) is 11.3 Å². The van der Waals surface area contributed by atoms with Gasteiger partial charge in [-0.2, -0.15) is 10.2 Å². The summed E-state index contributed by atoms with van der Waals surface area (Å²) in [7, 11) is 0. The maximum absolute atomic E-state index is 11.5. The first kappa shape index (κ1) is 11.1. The second-order valence-electron chi connectivity index (χ2n) is 5.29. The molecule has 1 aliphatic rings. The van der Waals surface area contributed by atoms with Crippen LogP contribution in [0.25, 0.3) is 0 Å². The third-order valence-corrected chi connectivity index (χ3v) is 2.31. The Morgan fingerprint density at radius 2 is 1.79 bits per heavy atom. The predicted molar refractivity (Wildman–Crippen MR) is 56.1 cm³/mol. The summed E-state index contributed by atoms with van der Waals surface area (Å²) < 4.78 is 0. The van der Waals surface area contributed by atoms with Crippen molar-refractivity contribution >= 4 is 5.78 Å². The largest absolute Gasteiger partial charge is 0.295 e. The van der Waals surface area contributed by atoms with E-state index < -0.39 is 5.54 Å². The number of azo groups is 1. The highest BCUT2D eigenvalue weighted by Crippen LogP contribution is 2.40. The fourth-order valence-corrected chi connectivity index (χ4v) is 1.69. The molecule has 78 valence electrons. The number of Topliss-reactive ketones (excluding diaryl/α,β-unsaturated/α-hetero) is 1. The fourth-order valence-electron chi connectivity index (χ4n) is 1.69. The molecule has 0 unspecified atom stereocenters. The lowest BCUT2D eigenvalue weighted by molar-refractivity contribution is -0.114. The zero-order chi connectivity index (χ0) is 11.1. The molecule has 0 fully saturated rings. The quantitative estimate of drug-likeness (QED) is 0.632. The molecule has 0 aliphatic carbocycles. The van der Waals surface area contributed by atoms with E-state index in [2.05, 4.69) is 10.2 Å². The number of ketones is 1. The number of nitrogens with zero attached hydrogens (tertiary/aromatic N) is 2. The van der Waals surface area contributed by atoms with Crippen molar-refractivity contribution in [3.8, 4) is 0 Å². The van der Waals surface area contributed by atoms with Crippen molar-refractivity contribution < 1.29 is 4.79 Å². The zero-order valence-corrected chi connectivity index (χ0v) is 9.80. The van der Waals surface area contributed by atoms with Crippen molar-refractivity contribution in [2.45, 2.75) is 47.1 Å². The van der Waals surface area contributed by atoms with Crippen LogP contribution >= 0.6 is 0 Å². The van der Waals surface area contributed by atoms with Crippen LogP contribution in [0.1, 0.15) is 41.5 Å². The highest BCUT2D eigenvalue weighted by atomic mass is 16.1. The molecule has 0 N–H and O–H groups in total. The molecular weight excluding hydrogens is 176 g/mol. The number of hydrogen-bond donors (Lipinski definition) is 0. The van der Waals surface area contributed by atoms with E-state index >= 15 is 0 Å². The van der Waals surface area contributed by atoms with Crippen LogP contribution in [0.5, 0.6) is 0 Å². The summed E-state index contributed by atoms with van der Waals surface area (Å²) in [6, 6.07) is 0. The van der Waals surface area contributed by atoms with Crippen molar-refractivity contribution in [1.82, 2.24) is 0 Å². The Bertz CT molecular complexity index is 330. The van der Waals surface area contributed by atoms with Crippen molar-refractivity contribution in [2.75, 3.05) is 0 Å². The Morgan fingerprint density at radius 3 is 2.07 bits per heavy atom. The van der Waals surface area contributed by atoms with Crippen molar-refractivity contribution in [3.05, 3.63) is 11.3 Å². The van der Waals surface area contributed by atoms with Gasteiger partial charge in [-0.3, -0.25) is 4.79 Å². The average molecular weight is 194 g/mol. The molecule has 0 bridgehead atoms. The Hall–Kier alpha value is -0.990. The van der Waals surface area contributed by atoms with E-state index in [1.165, 1.54) is 0 Å². The third-order valence-electron chi connectivity index (χ3n) is 2.31. The van der Waals surface area contributed by atoms with E-state index in [-0.39, 0.29) is 11.2 Å². The summed E-state index contributed by atoms with van der Waals surface area (Å²) >= 11 is 0. The molecule has 0 aromatic heterocycles. The normalized spacial score (nSPS) is 20.4. The molecule has 1 rings (SSSR count). The Labute approximate surface area is 85.3 Å². The van der Waals surface area contributed by atoms with E-state index in [9.17, 15) is 4.79 Å². The van der Waals surface area contributed by atoms with Crippen molar-refractivity contribution in [3.63, 3.8) is 0 Å². The van der Waals surface area contributed by atoms with E-state index in [1.807, 2.05) is 34.6 Å². The summed E-state index contributed by atoms with van der Waals surface area (Å²) in [6.07, 6.45) is 0. The second-order valence-corrected chi connectivity index (χ2v) is 5.29. The van der Waals surface area contributed by atoms with Gasteiger partial charge in [-0.15, -0.1) is 0 Å². The smallest absolute Gasteiger partial charge is 0.160 e. The molecule has 0 atom stereocenters. The molecule has 14 heavy (non-hydrogen) atoms. The minimum absolute atomic E-state index is 0.0740. The summed E-state index contributed by atoms with van der Waals surface area (Å²) in [4.78, 5) is 11.5. The summed E-state index contributed by atoms with van der Waals surface area (Å²) in [5, 5.41) is 8.29. The molecule has 0 saturated carbocycles. The molecule has 3 nitrogen and oxygen atoms in total. The minimum Gasteiger partial charge on any atom is -0.295 e. The molecule has 1 aliphatic heterocycles. The third kappa shape index (κ3) is 1.76. The highest BCUT2D eigenvalue weighted by molar-refractivity contribution is 5.96. The summed E-state index contributed by atoms with van der Waals surface area (Å²) in [6.45, 7) is 11.6. The number of carbonyl (C=O) groups is 1. The molecule has 0 aromatic rings. The van der Waals surface area contributed by atoms with Gasteiger partial charge in [-0.25, -0.2) is 0 Å². The van der Waals surface area contributed by atoms with Crippen LogP contribution in [0.2, 0.25) is 0 Å². The standard InChI is InChI=1S/C11H18N2O/c1-7(14)8-9(10(2,3)4)12-13-11(8,5)6/h1-6H3. The first-order valence-corrected chi connectivity index (χ1v) is 4.85. The molecule has 0 saturated heterocycles. The van der Waals surface area contributed by atoms with Crippen LogP contribution in [-0.4, -0.2) is 11.3 Å². The monoisotopic (exact) mass is 194 g/mol. The van der Waals surface area contributed by atoms with Gasteiger partial charge >= 0.3 is 0 Å². The Kier molecular flexibility index (Phi) is 2.38. The summed E-state index contributed by atoms with van der Waals surface area (Å²) in [5.74, 6) is 0.0740. The first-order valence-electron chi connectivity index (χ1n) is 4.85. The molecule has 1 heterocycles. The van der Waals surface area contributed by atoms with Crippen LogP contribution in [0.4, 0.5) is 0 Å².